The molecule has 3 nitrogen and oxygen atoms in total. The fourth-order valence-corrected chi connectivity index (χ4v) is 2.77. The van der Waals surface area contributed by atoms with Crippen LogP contribution >= 0.6 is 11.8 Å². The fourth-order valence-electron chi connectivity index (χ4n) is 1.67. The number of aliphatic imine (C=N–C) groups is 1. The minimum atomic E-state index is -0.351. The van der Waals surface area contributed by atoms with Crippen LogP contribution in [0.1, 0.15) is 20.3 Å². The molecule has 0 spiro atoms. The summed E-state index contributed by atoms with van der Waals surface area (Å²) in [5.41, 5.74) is 0.705. The molecule has 1 N–H and O–H groups in total. The van der Waals surface area contributed by atoms with E-state index in [4.69, 9.17) is 4.74 Å². The standard InChI is InChI=1S/C13H17FN2OS/c1-3-17-12-5-4-10(8-11(12)14)16-13-15-9(2)6-7-18-13/h4-5,8-9H,3,6-7H2,1-2H3,(H,15,16). The van der Waals surface area contributed by atoms with Gasteiger partial charge in [0, 0.05) is 17.5 Å². The Morgan fingerprint density at radius 3 is 3.06 bits per heavy atom. The van der Waals surface area contributed by atoms with Gasteiger partial charge in [0.2, 0.25) is 0 Å². The maximum absolute atomic E-state index is 13.7. The Balaban J connectivity index is 2.08. The van der Waals surface area contributed by atoms with Crippen molar-refractivity contribution in [1.82, 2.24) is 0 Å². The molecule has 0 amide bonds. The summed E-state index contributed by atoms with van der Waals surface area (Å²) in [5.74, 6) is 0.984. The van der Waals surface area contributed by atoms with E-state index in [2.05, 4.69) is 17.2 Å². The van der Waals surface area contributed by atoms with Crippen LogP contribution in [0.3, 0.4) is 0 Å². The van der Waals surface area contributed by atoms with E-state index in [0.717, 1.165) is 17.3 Å². The second-order valence-corrected chi connectivity index (χ2v) is 5.21. The van der Waals surface area contributed by atoms with Gasteiger partial charge in [0.15, 0.2) is 16.7 Å². The number of hydrogen-bond acceptors (Lipinski definition) is 4. The van der Waals surface area contributed by atoms with E-state index in [-0.39, 0.29) is 11.6 Å². The van der Waals surface area contributed by atoms with Crippen molar-refractivity contribution in [2.45, 2.75) is 26.3 Å². The van der Waals surface area contributed by atoms with Crippen molar-refractivity contribution in [2.24, 2.45) is 4.99 Å². The third-order valence-electron chi connectivity index (χ3n) is 2.60. The zero-order chi connectivity index (χ0) is 13.0. The van der Waals surface area contributed by atoms with Crippen LogP contribution in [0.5, 0.6) is 5.75 Å². The van der Waals surface area contributed by atoms with Crippen molar-refractivity contribution in [1.29, 1.82) is 0 Å². The molecule has 98 valence electrons. The monoisotopic (exact) mass is 268 g/mol. The van der Waals surface area contributed by atoms with E-state index in [1.807, 2.05) is 6.92 Å². The highest BCUT2D eigenvalue weighted by molar-refractivity contribution is 8.14. The van der Waals surface area contributed by atoms with E-state index in [1.165, 1.54) is 6.07 Å². The summed E-state index contributed by atoms with van der Waals surface area (Å²) in [7, 11) is 0. The van der Waals surface area contributed by atoms with Gasteiger partial charge in [-0.25, -0.2) is 4.39 Å². The highest BCUT2D eigenvalue weighted by Gasteiger charge is 2.12. The molecule has 1 aliphatic rings. The van der Waals surface area contributed by atoms with Gasteiger partial charge in [-0.05, 0) is 32.4 Å². The Bertz CT molecular complexity index is 451. The van der Waals surface area contributed by atoms with Gasteiger partial charge in [0.05, 0.1) is 12.6 Å². The normalized spacial score (nSPS) is 19.3. The molecule has 1 aromatic rings. The first-order valence-corrected chi connectivity index (χ1v) is 7.07. The molecule has 0 saturated carbocycles. The minimum Gasteiger partial charge on any atom is -0.491 e. The van der Waals surface area contributed by atoms with Crippen molar-refractivity contribution < 1.29 is 9.13 Å². The molecule has 1 atom stereocenters. The molecule has 0 aromatic heterocycles. The van der Waals surface area contributed by atoms with E-state index in [0.29, 0.717) is 18.3 Å². The summed E-state index contributed by atoms with van der Waals surface area (Å²) in [6.07, 6.45) is 1.09. The quantitative estimate of drug-likeness (QED) is 0.910. The van der Waals surface area contributed by atoms with Crippen molar-refractivity contribution in [3.8, 4) is 5.75 Å². The van der Waals surface area contributed by atoms with Crippen LogP contribution in [0.25, 0.3) is 0 Å². The average molecular weight is 268 g/mol. The molecular formula is C13H17FN2OS. The van der Waals surface area contributed by atoms with Gasteiger partial charge in [0.1, 0.15) is 0 Å². The molecule has 2 rings (SSSR count). The number of rotatable bonds is 3. The van der Waals surface area contributed by atoms with Gasteiger partial charge in [-0.1, -0.05) is 11.8 Å². The van der Waals surface area contributed by atoms with Crippen molar-refractivity contribution in [3.05, 3.63) is 24.0 Å². The third kappa shape index (κ3) is 3.38. The highest BCUT2D eigenvalue weighted by atomic mass is 32.2. The lowest BCUT2D eigenvalue weighted by atomic mass is 10.3. The molecule has 0 saturated heterocycles. The van der Waals surface area contributed by atoms with Crippen LogP contribution in [0.2, 0.25) is 0 Å². The largest absolute Gasteiger partial charge is 0.491 e. The Labute approximate surface area is 111 Å². The van der Waals surface area contributed by atoms with Gasteiger partial charge in [-0.2, -0.15) is 0 Å². The van der Waals surface area contributed by atoms with Gasteiger partial charge < -0.3 is 10.1 Å². The molecule has 1 aromatic carbocycles. The zero-order valence-electron chi connectivity index (χ0n) is 10.6. The van der Waals surface area contributed by atoms with Crippen LogP contribution in [0, 0.1) is 5.82 Å². The van der Waals surface area contributed by atoms with Crippen LogP contribution < -0.4 is 10.1 Å². The SMILES string of the molecule is CCOc1ccc(NC2=NC(C)CCS2)cc1F. The molecule has 0 bridgehead atoms. The number of nitrogens with one attached hydrogen (secondary N) is 1. The molecule has 0 aliphatic carbocycles. The smallest absolute Gasteiger partial charge is 0.167 e. The number of thioether (sulfide) groups is 1. The number of anilines is 1. The van der Waals surface area contributed by atoms with Gasteiger partial charge >= 0.3 is 0 Å². The molecule has 1 heterocycles. The second kappa shape index (κ2) is 6.09. The molecule has 0 radical (unpaired) electrons. The summed E-state index contributed by atoms with van der Waals surface area (Å²) in [6, 6.07) is 5.21. The van der Waals surface area contributed by atoms with Gasteiger partial charge in [-0.15, -0.1) is 0 Å². The molecule has 1 aliphatic heterocycles. The lowest BCUT2D eigenvalue weighted by Crippen LogP contribution is -2.18. The highest BCUT2D eigenvalue weighted by Crippen LogP contribution is 2.24. The van der Waals surface area contributed by atoms with Gasteiger partial charge in [-0.3, -0.25) is 4.99 Å². The maximum Gasteiger partial charge on any atom is 0.167 e. The zero-order valence-corrected chi connectivity index (χ0v) is 11.4. The predicted octanol–water partition coefficient (Wildman–Crippen LogP) is 3.52. The average Bonchev–Trinajstić information content (AvgIpc) is 2.33. The fraction of sp³-hybridized carbons (Fsp3) is 0.462. The van der Waals surface area contributed by atoms with Crippen molar-refractivity contribution in [2.75, 3.05) is 17.7 Å². The number of nitrogens with zero attached hydrogens (tertiary/aromatic N) is 1. The number of halogens is 1. The molecule has 18 heavy (non-hydrogen) atoms. The Hall–Kier alpha value is -1.23. The predicted molar refractivity (Wildman–Crippen MR) is 75.2 cm³/mol. The van der Waals surface area contributed by atoms with Gasteiger partial charge in [0.25, 0.3) is 0 Å². The Morgan fingerprint density at radius 1 is 1.56 bits per heavy atom. The number of amidine groups is 1. The Morgan fingerprint density at radius 2 is 2.39 bits per heavy atom. The first kappa shape index (κ1) is 13.2. The first-order chi connectivity index (χ1) is 8.69. The summed E-state index contributed by atoms with van der Waals surface area (Å²) < 4.78 is 18.8. The second-order valence-electron chi connectivity index (χ2n) is 4.12. The van der Waals surface area contributed by atoms with E-state index >= 15 is 0 Å². The minimum absolute atomic E-state index is 0.287. The summed E-state index contributed by atoms with van der Waals surface area (Å²) >= 11 is 1.67. The first-order valence-electron chi connectivity index (χ1n) is 6.09. The topological polar surface area (TPSA) is 33.6 Å². The van der Waals surface area contributed by atoms with E-state index in [9.17, 15) is 4.39 Å². The van der Waals surface area contributed by atoms with Crippen LogP contribution in [-0.4, -0.2) is 23.6 Å². The summed E-state index contributed by atoms with van der Waals surface area (Å²) in [6.45, 7) is 4.38. The molecule has 0 fully saturated rings. The number of benzene rings is 1. The number of hydrogen-bond donors (Lipinski definition) is 1. The lowest BCUT2D eigenvalue weighted by molar-refractivity contribution is 0.321. The van der Waals surface area contributed by atoms with Crippen LogP contribution in [-0.2, 0) is 0 Å². The third-order valence-corrected chi connectivity index (χ3v) is 3.52. The van der Waals surface area contributed by atoms with E-state index < -0.39 is 0 Å². The Kier molecular flexibility index (Phi) is 4.47. The summed E-state index contributed by atoms with van der Waals surface area (Å²) in [4.78, 5) is 4.48. The lowest BCUT2D eigenvalue weighted by Gasteiger charge is -2.17. The summed E-state index contributed by atoms with van der Waals surface area (Å²) in [5, 5.41) is 4.00. The van der Waals surface area contributed by atoms with E-state index in [1.54, 1.807) is 23.9 Å². The van der Waals surface area contributed by atoms with Crippen molar-refractivity contribution >= 4 is 22.6 Å². The molecular weight excluding hydrogens is 251 g/mol. The molecule has 1 unspecified atom stereocenters. The van der Waals surface area contributed by atoms with Crippen molar-refractivity contribution in [3.63, 3.8) is 0 Å². The molecule has 5 heteroatoms. The maximum atomic E-state index is 13.7. The number of ether oxygens (including phenoxy) is 1. The van der Waals surface area contributed by atoms with Crippen LogP contribution in [0.15, 0.2) is 23.2 Å². The van der Waals surface area contributed by atoms with Crippen LogP contribution in [0.4, 0.5) is 10.1 Å².